The lowest BCUT2D eigenvalue weighted by molar-refractivity contribution is 0.0729. The van der Waals surface area contributed by atoms with Gasteiger partial charge in [0.25, 0.3) is 5.91 Å². The van der Waals surface area contributed by atoms with Crippen molar-refractivity contribution in [2.24, 2.45) is 5.92 Å². The SMILES string of the molecule is O=C(c1cn(C[C@@H]2CCCNC2)nn1)N1CCC[C@@H]1c1ccccc1. The van der Waals surface area contributed by atoms with E-state index >= 15 is 0 Å². The topological polar surface area (TPSA) is 63.1 Å². The van der Waals surface area contributed by atoms with Crippen molar-refractivity contribution in [3.8, 4) is 0 Å². The molecule has 1 N–H and O–H groups in total. The zero-order valence-corrected chi connectivity index (χ0v) is 14.5. The van der Waals surface area contributed by atoms with Crippen LogP contribution in [0, 0.1) is 5.92 Å². The smallest absolute Gasteiger partial charge is 0.276 e. The zero-order chi connectivity index (χ0) is 17.1. The van der Waals surface area contributed by atoms with Gasteiger partial charge < -0.3 is 10.2 Å². The maximum Gasteiger partial charge on any atom is 0.276 e. The van der Waals surface area contributed by atoms with Crippen molar-refractivity contribution >= 4 is 5.91 Å². The van der Waals surface area contributed by atoms with Gasteiger partial charge in [-0.05, 0) is 50.3 Å². The molecule has 2 aliphatic rings. The van der Waals surface area contributed by atoms with Gasteiger partial charge in [0.1, 0.15) is 0 Å². The van der Waals surface area contributed by atoms with Gasteiger partial charge in [0.2, 0.25) is 0 Å². The molecule has 0 radical (unpaired) electrons. The molecule has 0 spiro atoms. The Hall–Kier alpha value is -2.21. The summed E-state index contributed by atoms with van der Waals surface area (Å²) in [5, 5.41) is 11.8. The average Bonchev–Trinajstić information content (AvgIpc) is 3.32. The fraction of sp³-hybridized carbons (Fsp3) is 0.526. The lowest BCUT2D eigenvalue weighted by Gasteiger charge is -2.24. The van der Waals surface area contributed by atoms with Crippen molar-refractivity contribution < 1.29 is 4.79 Å². The Morgan fingerprint density at radius 2 is 2.08 bits per heavy atom. The lowest BCUT2D eigenvalue weighted by Crippen LogP contribution is -2.32. The van der Waals surface area contributed by atoms with Crippen LogP contribution in [-0.2, 0) is 6.54 Å². The molecule has 2 fully saturated rings. The predicted molar refractivity (Wildman–Crippen MR) is 95.1 cm³/mol. The number of piperidine rings is 1. The molecule has 4 rings (SSSR count). The molecule has 3 heterocycles. The first-order valence-electron chi connectivity index (χ1n) is 9.28. The van der Waals surface area contributed by atoms with Crippen LogP contribution in [0.2, 0.25) is 0 Å². The summed E-state index contributed by atoms with van der Waals surface area (Å²) in [4.78, 5) is 14.9. The molecular weight excluding hydrogens is 314 g/mol. The van der Waals surface area contributed by atoms with Crippen molar-refractivity contribution in [2.75, 3.05) is 19.6 Å². The van der Waals surface area contributed by atoms with Crippen LogP contribution in [0.3, 0.4) is 0 Å². The van der Waals surface area contributed by atoms with Crippen LogP contribution < -0.4 is 5.32 Å². The summed E-state index contributed by atoms with van der Waals surface area (Å²) in [6.07, 6.45) is 6.28. The van der Waals surface area contributed by atoms with Gasteiger partial charge >= 0.3 is 0 Å². The standard InChI is InChI=1S/C19H25N5O/c25-19(24-11-5-9-18(24)16-7-2-1-3-8-16)17-14-23(22-21-17)13-15-6-4-10-20-12-15/h1-3,7-8,14-15,18,20H,4-6,9-13H2/t15-,18-/m1/s1. The van der Waals surface area contributed by atoms with E-state index in [2.05, 4.69) is 27.8 Å². The Morgan fingerprint density at radius 1 is 1.20 bits per heavy atom. The molecule has 25 heavy (non-hydrogen) atoms. The number of carbonyl (C=O) groups is 1. The number of carbonyl (C=O) groups excluding carboxylic acids is 1. The highest BCUT2D eigenvalue weighted by molar-refractivity contribution is 5.92. The van der Waals surface area contributed by atoms with E-state index in [4.69, 9.17) is 0 Å². The highest BCUT2D eigenvalue weighted by Crippen LogP contribution is 2.32. The van der Waals surface area contributed by atoms with E-state index in [-0.39, 0.29) is 11.9 Å². The summed E-state index contributed by atoms with van der Waals surface area (Å²) in [7, 11) is 0. The van der Waals surface area contributed by atoms with E-state index in [1.165, 1.54) is 18.4 Å². The molecular formula is C19H25N5O. The Bertz CT molecular complexity index is 708. The largest absolute Gasteiger partial charge is 0.330 e. The Labute approximate surface area is 148 Å². The third kappa shape index (κ3) is 3.58. The third-order valence-electron chi connectivity index (χ3n) is 5.30. The molecule has 0 aliphatic carbocycles. The number of hydrogen-bond acceptors (Lipinski definition) is 4. The predicted octanol–water partition coefficient (Wildman–Crippen LogP) is 2.25. The molecule has 1 amide bonds. The van der Waals surface area contributed by atoms with Gasteiger partial charge in [-0.1, -0.05) is 35.5 Å². The molecule has 0 saturated carbocycles. The van der Waals surface area contributed by atoms with E-state index in [9.17, 15) is 4.79 Å². The zero-order valence-electron chi connectivity index (χ0n) is 14.5. The maximum absolute atomic E-state index is 12.9. The normalized spacial score (nSPS) is 23.8. The van der Waals surface area contributed by atoms with Gasteiger partial charge in [0.15, 0.2) is 5.69 Å². The average molecular weight is 339 g/mol. The molecule has 0 bridgehead atoms. The van der Waals surface area contributed by atoms with Crippen LogP contribution in [0.25, 0.3) is 0 Å². The maximum atomic E-state index is 12.9. The summed E-state index contributed by atoms with van der Waals surface area (Å²) in [6, 6.07) is 10.4. The fourth-order valence-corrected chi connectivity index (χ4v) is 4.01. The number of hydrogen-bond donors (Lipinski definition) is 1. The lowest BCUT2D eigenvalue weighted by atomic mass is 10.00. The van der Waals surface area contributed by atoms with Crippen molar-refractivity contribution in [2.45, 2.75) is 38.3 Å². The number of likely N-dealkylation sites (tertiary alicyclic amines) is 1. The van der Waals surface area contributed by atoms with E-state index in [1.54, 1.807) is 0 Å². The first kappa shape index (κ1) is 16.3. The molecule has 1 aromatic heterocycles. The molecule has 132 valence electrons. The Kier molecular flexibility index (Phi) is 4.78. The van der Waals surface area contributed by atoms with Crippen molar-refractivity contribution in [3.63, 3.8) is 0 Å². The van der Waals surface area contributed by atoms with E-state index < -0.39 is 0 Å². The minimum Gasteiger partial charge on any atom is -0.330 e. The van der Waals surface area contributed by atoms with Gasteiger partial charge in [-0.15, -0.1) is 5.10 Å². The molecule has 2 atom stereocenters. The van der Waals surface area contributed by atoms with Crippen molar-refractivity contribution in [3.05, 3.63) is 47.8 Å². The number of aromatic nitrogens is 3. The number of benzene rings is 1. The molecule has 2 aromatic rings. The minimum atomic E-state index is -0.000581. The summed E-state index contributed by atoms with van der Waals surface area (Å²) in [5.41, 5.74) is 1.67. The molecule has 2 saturated heterocycles. The van der Waals surface area contributed by atoms with Gasteiger partial charge in [-0.25, -0.2) is 0 Å². The summed E-state index contributed by atoms with van der Waals surface area (Å²) in [5.74, 6) is 0.571. The molecule has 0 unspecified atom stereocenters. The van der Waals surface area contributed by atoms with Crippen LogP contribution in [-0.4, -0.2) is 45.4 Å². The second-order valence-electron chi connectivity index (χ2n) is 7.11. The fourth-order valence-electron chi connectivity index (χ4n) is 4.01. The first-order valence-corrected chi connectivity index (χ1v) is 9.28. The molecule has 1 aromatic carbocycles. The quantitative estimate of drug-likeness (QED) is 0.928. The summed E-state index contributed by atoms with van der Waals surface area (Å²) >= 11 is 0. The summed E-state index contributed by atoms with van der Waals surface area (Å²) in [6.45, 7) is 3.74. The first-order chi connectivity index (χ1) is 12.3. The van der Waals surface area contributed by atoms with Crippen LogP contribution in [0.1, 0.15) is 47.8 Å². The monoisotopic (exact) mass is 339 g/mol. The van der Waals surface area contributed by atoms with Gasteiger partial charge in [-0.2, -0.15) is 0 Å². The Balaban J connectivity index is 1.45. The number of rotatable bonds is 4. The van der Waals surface area contributed by atoms with Gasteiger partial charge in [0, 0.05) is 13.1 Å². The van der Waals surface area contributed by atoms with Crippen LogP contribution in [0.5, 0.6) is 0 Å². The highest BCUT2D eigenvalue weighted by Gasteiger charge is 2.31. The summed E-state index contributed by atoms with van der Waals surface area (Å²) < 4.78 is 1.83. The molecule has 6 nitrogen and oxygen atoms in total. The van der Waals surface area contributed by atoms with E-state index in [1.807, 2.05) is 34.0 Å². The van der Waals surface area contributed by atoms with Crippen LogP contribution in [0.4, 0.5) is 0 Å². The number of nitrogens with one attached hydrogen (secondary N) is 1. The van der Waals surface area contributed by atoms with E-state index in [0.29, 0.717) is 11.6 Å². The van der Waals surface area contributed by atoms with Crippen LogP contribution in [0.15, 0.2) is 36.5 Å². The van der Waals surface area contributed by atoms with Crippen molar-refractivity contribution in [1.29, 1.82) is 0 Å². The molecule has 2 aliphatic heterocycles. The van der Waals surface area contributed by atoms with Gasteiger partial charge in [0.05, 0.1) is 12.2 Å². The second kappa shape index (κ2) is 7.35. The minimum absolute atomic E-state index is 0.000581. The van der Waals surface area contributed by atoms with Crippen LogP contribution >= 0.6 is 0 Å². The second-order valence-corrected chi connectivity index (χ2v) is 7.11. The van der Waals surface area contributed by atoms with Crippen molar-refractivity contribution in [1.82, 2.24) is 25.2 Å². The van der Waals surface area contributed by atoms with E-state index in [0.717, 1.165) is 39.0 Å². The number of nitrogens with zero attached hydrogens (tertiary/aromatic N) is 4. The molecule has 6 heteroatoms. The Morgan fingerprint density at radius 3 is 2.88 bits per heavy atom. The van der Waals surface area contributed by atoms with Gasteiger partial charge in [-0.3, -0.25) is 9.48 Å². The number of amides is 1. The third-order valence-corrected chi connectivity index (χ3v) is 5.30. The highest BCUT2D eigenvalue weighted by atomic mass is 16.2.